The van der Waals surface area contributed by atoms with Gasteiger partial charge in [0.05, 0.1) is 5.39 Å². The van der Waals surface area contributed by atoms with Crippen LogP contribution < -0.4 is 10.1 Å². The van der Waals surface area contributed by atoms with E-state index in [2.05, 4.69) is 35.2 Å². The number of aromatic nitrogens is 2. The zero-order valence-corrected chi connectivity index (χ0v) is 11.5. The van der Waals surface area contributed by atoms with Crippen molar-refractivity contribution in [3.63, 3.8) is 0 Å². The Balaban J connectivity index is 1.89. The third-order valence-electron chi connectivity index (χ3n) is 3.44. The van der Waals surface area contributed by atoms with E-state index in [1.54, 1.807) is 17.7 Å². The van der Waals surface area contributed by atoms with Gasteiger partial charge < -0.3 is 10.1 Å². The van der Waals surface area contributed by atoms with Crippen molar-refractivity contribution in [2.75, 3.05) is 13.1 Å². The number of ether oxygens (including phenoxy) is 1. The summed E-state index contributed by atoms with van der Waals surface area (Å²) in [7, 11) is 0. The first kappa shape index (κ1) is 11.9. The predicted molar refractivity (Wildman–Crippen MR) is 73.2 cm³/mol. The molecule has 2 unspecified atom stereocenters. The topological polar surface area (TPSA) is 47.0 Å². The minimum Gasteiger partial charge on any atom is -0.472 e. The molecule has 3 rings (SSSR count). The van der Waals surface area contributed by atoms with Crippen LogP contribution in [0.5, 0.6) is 5.88 Å². The highest BCUT2D eigenvalue weighted by Crippen LogP contribution is 2.30. The molecule has 4 nitrogen and oxygen atoms in total. The smallest absolute Gasteiger partial charge is 0.225 e. The molecule has 0 aromatic carbocycles. The molecule has 1 fully saturated rings. The van der Waals surface area contributed by atoms with Crippen molar-refractivity contribution in [2.24, 2.45) is 5.92 Å². The fraction of sp³-hybridized carbons (Fsp3) is 0.538. The van der Waals surface area contributed by atoms with Gasteiger partial charge in [0.1, 0.15) is 17.3 Å². The van der Waals surface area contributed by atoms with Crippen molar-refractivity contribution in [2.45, 2.75) is 26.4 Å². The minimum absolute atomic E-state index is 0.206. The number of nitrogens with one attached hydrogen (secondary N) is 1. The molecule has 0 radical (unpaired) electrons. The Hall–Kier alpha value is -1.20. The third kappa shape index (κ3) is 2.20. The number of aryl methyl sites for hydroxylation is 1. The monoisotopic (exact) mass is 263 g/mol. The van der Waals surface area contributed by atoms with E-state index in [9.17, 15) is 0 Å². The highest BCUT2D eigenvalue weighted by molar-refractivity contribution is 7.18. The van der Waals surface area contributed by atoms with Gasteiger partial charge in [0.15, 0.2) is 0 Å². The van der Waals surface area contributed by atoms with E-state index in [1.165, 1.54) is 4.88 Å². The summed E-state index contributed by atoms with van der Waals surface area (Å²) in [5.74, 6) is 1.29. The first-order valence-electron chi connectivity index (χ1n) is 6.32. The van der Waals surface area contributed by atoms with Crippen LogP contribution in [0.3, 0.4) is 0 Å². The Morgan fingerprint density at radius 1 is 1.44 bits per heavy atom. The second-order valence-corrected chi connectivity index (χ2v) is 6.12. The molecule has 5 heteroatoms. The molecule has 0 spiro atoms. The normalized spacial score (nSPS) is 24.3. The molecule has 1 aliphatic heterocycles. The van der Waals surface area contributed by atoms with Gasteiger partial charge in [0.2, 0.25) is 5.88 Å². The summed E-state index contributed by atoms with van der Waals surface area (Å²) in [5.41, 5.74) is 0. The van der Waals surface area contributed by atoms with Gasteiger partial charge in [0, 0.05) is 11.4 Å². The van der Waals surface area contributed by atoms with E-state index in [0.717, 1.165) is 35.6 Å². The van der Waals surface area contributed by atoms with E-state index < -0.39 is 0 Å². The lowest BCUT2D eigenvalue weighted by atomic mass is 9.97. The van der Waals surface area contributed by atoms with E-state index in [1.807, 2.05) is 0 Å². The minimum atomic E-state index is 0.206. The Morgan fingerprint density at radius 2 is 2.33 bits per heavy atom. The van der Waals surface area contributed by atoms with E-state index in [0.29, 0.717) is 5.92 Å². The van der Waals surface area contributed by atoms with Gasteiger partial charge in [-0.15, -0.1) is 11.3 Å². The molecule has 96 valence electrons. The number of hydrogen-bond acceptors (Lipinski definition) is 5. The second-order valence-electron chi connectivity index (χ2n) is 4.88. The van der Waals surface area contributed by atoms with Crippen LogP contribution in [0.4, 0.5) is 0 Å². The Bertz CT molecular complexity index is 554. The average molecular weight is 263 g/mol. The molecule has 0 bridgehead atoms. The number of piperidine rings is 1. The number of rotatable bonds is 2. The van der Waals surface area contributed by atoms with Crippen LogP contribution in [0.1, 0.15) is 18.2 Å². The summed E-state index contributed by atoms with van der Waals surface area (Å²) in [4.78, 5) is 10.8. The standard InChI is InChI=1S/C13H17N3OS/c1-8-3-4-14-6-11(8)17-12-10-5-9(2)18-13(10)16-7-15-12/h5,7-8,11,14H,3-4,6H2,1-2H3. The van der Waals surface area contributed by atoms with Crippen LogP contribution in [0.25, 0.3) is 10.2 Å². The van der Waals surface area contributed by atoms with E-state index in [-0.39, 0.29) is 6.10 Å². The van der Waals surface area contributed by atoms with Crippen LogP contribution in [0, 0.1) is 12.8 Å². The van der Waals surface area contributed by atoms with Crippen LogP contribution in [-0.4, -0.2) is 29.2 Å². The molecule has 2 aromatic heterocycles. The summed E-state index contributed by atoms with van der Waals surface area (Å²) < 4.78 is 6.09. The molecule has 0 saturated carbocycles. The summed E-state index contributed by atoms with van der Waals surface area (Å²) in [6, 6.07) is 2.11. The number of thiophene rings is 1. The van der Waals surface area contributed by atoms with Crippen molar-refractivity contribution in [1.29, 1.82) is 0 Å². The molecule has 2 atom stereocenters. The Morgan fingerprint density at radius 3 is 3.17 bits per heavy atom. The number of nitrogens with zero attached hydrogens (tertiary/aromatic N) is 2. The van der Waals surface area contributed by atoms with Gasteiger partial charge in [-0.3, -0.25) is 0 Å². The van der Waals surface area contributed by atoms with Gasteiger partial charge >= 0.3 is 0 Å². The average Bonchev–Trinajstić information content (AvgIpc) is 2.73. The van der Waals surface area contributed by atoms with Crippen molar-refractivity contribution in [1.82, 2.24) is 15.3 Å². The Labute approximate surface area is 110 Å². The lowest BCUT2D eigenvalue weighted by molar-refractivity contribution is 0.111. The van der Waals surface area contributed by atoms with E-state index >= 15 is 0 Å². The second kappa shape index (κ2) is 4.82. The quantitative estimate of drug-likeness (QED) is 0.903. The molecule has 0 amide bonds. The molecule has 3 heterocycles. The Kier molecular flexibility index (Phi) is 3.18. The molecule has 1 saturated heterocycles. The van der Waals surface area contributed by atoms with Crippen molar-refractivity contribution in [3.8, 4) is 5.88 Å². The number of fused-ring (bicyclic) bond motifs is 1. The first-order chi connectivity index (χ1) is 8.74. The summed E-state index contributed by atoms with van der Waals surface area (Å²) in [5, 5.41) is 4.41. The van der Waals surface area contributed by atoms with Gasteiger partial charge in [-0.2, -0.15) is 0 Å². The molecular formula is C13H17N3OS. The molecular weight excluding hydrogens is 246 g/mol. The SMILES string of the molecule is Cc1cc2c(OC3CNCCC3C)ncnc2s1. The van der Waals surface area contributed by atoms with Gasteiger partial charge in [-0.05, 0) is 31.9 Å². The maximum Gasteiger partial charge on any atom is 0.225 e. The predicted octanol–water partition coefficient (Wildman–Crippen LogP) is 2.38. The third-order valence-corrected chi connectivity index (χ3v) is 4.39. The summed E-state index contributed by atoms with van der Waals surface area (Å²) in [6.07, 6.45) is 2.95. The molecule has 18 heavy (non-hydrogen) atoms. The van der Waals surface area contributed by atoms with Crippen molar-refractivity contribution >= 4 is 21.6 Å². The van der Waals surface area contributed by atoms with Crippen molar-refractivity contribution in [3.05, 3.63) is 17.3 Å². The first-order valence-corrected chi connectivity index (χ1v) is 7.14. The lowest BCUT2D eigenvalue weighted by Crippen LogP contribution is -2.43. The highest BCUT2D eigenvalue weighted by Gasteiger charge is 2.24. The maximum atomic E-state index is 6.09. The molecule has 1 N–H and O–H groups in total. The fourth-order valence-electron chi connectivity index (χ4n) is 2.31. The van der Waals surface area contributed by atoms with E-state index in [4.69, 9.17) is 4.74 Å². The van der Waals surface area contributed by atoms with Crippen molar-refractivity contribution < 1.29 is 4.74 Å². The molecule has 0 aliphatic carbocycles. The largest absolute Gasteiger partial charge is 0.472 e. The summed E-state index contributed by atoms with van der Waals surface area (Å²) in [6.45, 7) is 6.30. The van der Waals surface area contributed by atoms with Gasteiger partial charge in [0.25, 0.3) is 0 Å². The molecule has 2 aromatic rings. The molecule has 1 aliphatic rings. The van der Waals surface area contributed by atoms with Crippen LogP contribution >= 0.6 is 11.3 Å². The highest BCUT2D eigenvalue weighted by atomic mass is 32.1. The maximum absolute atomic E-state index is 6.09. The zero-order chi connectivity index (χ0) is 12.5. The van der Waals surface area contributed by atoms with Crippen LogP contribution in [0.2, 0.25) is 0 Å². The fourth-order valence-corrected chi connectivity index (χ4v) is 3.15. The lowest BCUT2D eigenvalue weighted by Gasteiger charge is -2.29. The van der Waals surface area contributed by atoms with Crippen LogP contribution in [0.15, 0.2) is 12.4 Å². The number of hydrogen-bond donors (Lipinski definition) is 1. The van der Waals surface area contributed by atoms with Gasteiger partial charge in [-0.25, -0.2) is 9.97 Å². The summed E-state index contributed by atoms with van der Waals surface area (Å²) >= 11 is 1.68. The van der Waals surface area contributed by atoms with Crippen LogP contribution in [-0.2, 0) is 0 Å². The zero-order valence-electron chi connectivity index (χ0n) is 10.6. The van der Waals surface area contributed by atoms with Gasteiger partial charge in [-0.1, -0.05) is 6.92 Å².